The first-order valence-electron chi connectivity index (χ1n) is 7.51. The highest BCUT2D eigenvalue weighted by Crippen LogP contribution is 2.26. The minimum atomic E-state index is 0.0318. The highest BCUT2D eigenvalue weighted by Gasteiger charge is 2.17. The number of aromatic nitrogens is 2. The van der Waals surface area contributed by atoms with Crippen LogP contribution in [0.4, 0.5) is 5.69 Å². The highest BCUT2D eigenvalue weighted by atomic mass is 16.5. The average molecular weight is 302 g/mol. The largest absolute Gasteiger partial charge is 0.490 e. The van der Waals surface area contributed by atoms with Crippen molar-refractivity contribution in [1.82, 2.24) is 14.7 Å². The van der Waals surface area contributed by atoms with E-state index in [2.05, 4.69) is 30.8 Å². The van der Waals surface area contributed by atoms with Gasteiger partial charge in [-0.15, -0.1) is 0 Å². The predicted molar refractivity (Wildman–Crippen MR) is 90.7 cm³/mol. The quantitative estimate of drug-likeness (QED) is 0.863. The number of likely N-dealkylation sites (N-methyl/N-ethyl adjacent to an activating group) is 1. The molecular weight excluding hydrogens is 276 g/mol. The van der Waals surface area contributed by atoms with E-state index in [9.17, 15) is 0 Å². The number of hydrogen-bond acceptors (Lipinski definition) is 4. The van der Waals surface area contributed by atoms with Crippen molar-refractivity contribution < 1.29 is 4.74 Å². The van der Waals surface area contributed by atoms with E-state index in [1.165, 1.54) is 0 Å². The maximum Gasteiger partial charge on any atom is 0.144 e. The third-order valence-electron chi connectivity index (χ3n) is 3.42. The summed E-state index contributed by atoms with van der Waals surface area (Å²) in [6, 6.07) is 7.79. The Morgan fingerprint density at radius 2 is 1.95 bits per heavy atom. The first-order chi connectivity index (χ1) is 10.3. The van der Waals surface area contributed by atoms with E-state index in [-0.39, 0.29) is 5.41 Å². The summed E-state index contributed by atoms with van der Waals surface area (Å²) in [6.07, 6.45) is 1.97. The van der Waals surface area contributed by atoms with Crippen molar-refractivity contribution in [2.45, 2.75) is 26.2 Å². The van der Waals surface area contributed by atoms with Gasteiger partial charge < -0.3 is 15.4 Å². The molecule has 0 saturated carbocycles. The second-order valence-electron chi connectivity index (χ2n) is 6.77. The number of nitrogens with two attached hydrogens (primary N) is 1. The van der Waals surface area contributed by atoms with Gasteiger partial charge >= 0.3 is 0 Å². The van der Waals surface area contributed by atoms with Crippen LogP contribution in [-0.2, 0) is 5.41 Å². The lowest BCUT2D eigenvalue weighted by Gasteiger charge is -2.15. The molecule has 0 amide bonds. The van der Waals surface area contributed by atoms with Crippen LogP contribution in [0.2, 0.25) is 0 Å². The summed E-state index contributed by atoms with van der Waals surface area (Å²) >= 11 is 0. The predicted octanol–water partition coefficient (Wildman–Crippen LogP) is 2.69. The first kappa shape index (κ1) is 16.4. The third-order valence-corrected chi connectivity index (χ3v) is 3.42. The van der Waals surface area contributed by atoms with Crippen LogP contribution in [0.25, 0.3) is 5.69 Å². The molecule has 2 aromatic rings. The lowest BCUT2D eigenvalue weighted by molar-refractivity contribution is 0.262. The lowest BCUT2D eigenvalue weighted by atomic mass is 9.93. The van der Waals surface area contributed by atoms with Gasteiger partial charge in [-0.3, -0.25) is 0 Å². The SMILES string of the molecule is CN(C)CCOc1cc(-n2ccc(C(C)(C)C)n2)ccc1N. The molecule has 0 unspecified atom stereocenters. The molecule has 2 N–H and O–H groups in total. The number of rotatable bonds is 5. The Bertz CT molecular complexity index is 626. The van der Waals surface area contributed by atoms with Gasteiger partial charge in [0.15, 0.2) is 0 Å². The van der Waals surface area contributed by atoms with Crippen LogP contribution < -0.4 is 10.5 Å². The molecule has 1 aromatic heterocycles. The van der Waals surface area contributed by atoms with Gasteiger partial charge in [-0.25, -0.2) is 4.68 Å². The van der Waals surface area contributed by atoms with Crippen LogP contribution >= 0.6 is 0 Å². The van der Waals surface area contributed by atoms with Crippen molar-refractivity contribution in [3.63, 3.8) is 0 Å². The topological polar surface area (TPSA) is 56.3 Å². The van der Waals surface area contributed by atoms with E-state index in [1.807, 2.05) is 49.2 Å². The van der Waals surface area contributed by atoms with Crippen molar-refractivity contribution in [2.75, 3.05) is 33.0 Å². The molecule has 0 aliphatic heterocycles. The minimum absolute atomic E-state index is 0.0318. The van der Waals surface area contributed by atoms with Crippen LogP contribution in [0.15, 0.2) is 30.5 Å². The molecule has 2 rings (SSSR count). The Morgan fingerprint density at radius 1 is 1.23 bits per heavy atom. The van der Waals surface area contributed by atoms with Gasteiger partial charge in [0.25, 0.3) is 0 Å². The van der Waals surface area contributed by atoms with Crippen molar-refractivity contribution in [2.24, 2.45) is 0 Å². The summed E-state index contributed by atoms with van der Waals surface area (Å²) in [7, 11) is 4.03. The van der Waals surface area contributed by atoms with Crippen LogP contribution in [-0.4, -0.2) is 41.9 Å². The smallest absolute Gasteiger partial charge is 0.144 e. The Kier molecular flexibility index (Phi) is 4.76. The molecule has 22 heavy (non-hydrogen) atoms. The summed E-state index contributed by atoms with van der Waals surface area (Å²) in [4.78, 5) is 2.07. The average Bonchev–Trinajstić information content (AvgIpc) is 2.90. The Balaban J connectivity index is 2.20. The zero-order valence-electron chi connectivity index (χ0n) is 14.1. The number of ether oxygens (including phenoxy) is 1. The molecule has 1 aromatic carbocycles. The van der Waals surface area contributed by atoms with Crippen molar-refractivity contribution >= 4 is 5.69 Å². The zero-order chi connectivity index (χ0) is 16.3. The fourth-order valence-electron chi connectivity index (χ4n) is 2.00. The summed E-state index contributed by atoms with van der Waals surface area (Å²) in [5.74, 6) is 0.701. The van der Waals surface area contributed by atoms with Gasteiger partial charge in [-0.2, -0.15) is 5.10 Å². The van der Waals surface area contributed by atoms with Crippen molar-refractivity contribution in [3.8, 4) is 11.4 Å². The van der Waals surface area contributed by atoms with Gasteiger partial charge in [0.1, 0.15) is 12.4 Å². The number of anilines is 1. The molecule has 5 heteroatoms. The fraction of sp³-hybridized carbons (Fsp3) is 0.471. The number of benzene rings is 1. The first-order valence-corrected chi connectivity index (χ1v) is 7.51. The van der Waals surface area contributed by atoms with Crippen molar-refractivity contribution in [3.05, 3.63) is 36.2 Å². The molecule has 0 fully saturated rings. The van der Waals surface area contributed by atoms with Crippen LogP contribution in [0, 0.1) is 0 Å². The van der Waals surface area contributed by atoms with Crippen LogP contribution in [0.3, 0.4) is 0 Å². The Labute approximate surface area is 132 Å². The molecular formula is C17H26N4O. The maximum absolute atomic E-state index is 5.99. The zero-order valence-corrected chi connectivity index (χ0v) is 14.1. The standard InChI is InChI=1S/C17H26N4O/c1-17(2,3)16-8-9-21(19-16)13-6-7-14(18)15(12-13)22-11-10-20(4)5/h6-9,12H,10-11,18H2,1-5H3. The van der Waals surface area contributed by atoms with E-state index >= 15 is 0 Å². The summed E-state index contributed by atoms with van der Waals surface area (Å²) in [6.45, 7) is 7.90. The molecule has 0 saturated heterocycles. The molecule has 5 nitrogen and oxygen atoms in total. The van der Waals surface area contributed by atoms with E-state index in [4.69, 9.17) is 10.5 Å². The highest BCUT2D eigenvalue weighted by molar-refractivity contribution is 5.57. The number of nitrogens with zero attached hydrogens (tertiary/aromatic N) is 3. The summed E-state index contributed by atoms with van der Waals surface area (Å²) < 4.78 is 7.64. The Hall–Kier alpha value is -2.01. The van der Waals surface area contributed by atoms with Gasteiger partial charge in [0.05, 0.1) is 17.1 Å². The molecule has 0 spiro atoms. The molecule has 0 bridgehead atoms. The van der Waals surface area contributed by atoms with Gasteiger partial charge in [-0.05, 0) is 32.3 Å². The van der Waals surface area contributed by atoms with E-state index in [0.29, 0.717) is 18.0 Å². The molecule has 120 valence electrons. The van der Waals surface area contributed by atoms with Gasteiger partial charge in [-0.1, -0.05) is 20.8 Å². The minimum Gasteiger partial charge on any atom is -0.490 e. The monoisotopic (exact) mass is 302 g/mol. The Morgan fingerprint density at radius 3 is 2.55 bits per heavy atom. The van der Waals surface area contributed by atoms with E-state index in [0.717, 1.165) is 17.9 Å². The second-order valence-corrected chi connectivity index (χ2v) is 6.77. The lowest BCUT2D eigenvalue weighted by Crippen LogP contribution is -2.19. The molecule has 0 aliphatic rings. The number of nitrogen functional groups attached to an aromatic ring is 1. The fourth-order valence-corrected chi connectivity index (χ4v) is 2.00. The van der Waals surface area contributed by atoms with E-state index < -0.39 is 0 Å². The van der Waals surface area contributed by atoms with Crippen LogP contribution in [0.1, 0.15) is 26.5 Å². The molecule has 1 heterocycles. The normalized spacial score (nSPS) is 11.9. The number of hydrogen-bond donors (Lipinski definition) is 1. The van der Waals surface area contributed by atoms with E-state index in [1.54, 1.807) is 0 Å². The molecule has 0 aliphatic carbocycles. The third kappa shape index (κ3) is 4.01. The summed E-state index contributed by atoms with van der Waals surface area (Å²) in [5.41, 5.74) is 8.67. The second kappa shape index (κ2) is 6.40. The molecule has 0 atom stereocenters. The summed E-state index contributed by atoms with van der Waals surface area (Å²) in [5, 5.41) is 4.64. The molecule has 0 radical (unpaired) electrons. The maximum atomic E-state index is 5.99. The van der Waals surface area contributed by atoms with Gasteiger partial charge in [0, 0.05) is 24.2 Å². The van der Waals surface area contributed by atoms with Crippen LogP contribution in [0.5, 0.6) is 5.75 Å². The van der Waals surface area contributed by atoms with Crippen molar-refractivity contribution in [1.29, 1.82) is 0 Å². The van der Waals surface area contributed by atoms with Gasteiger partial charge in [0.2, 0.25) is 0 Å².